The molecule has 0 saturated carbocycles. The highest BCUT2D eigenvalue weighted by Gasteiger charge is 2.53. The zero-order chi connectivity index (χ0) is 46.1. The van der Waals surface area contributed by atoms with Crippen LogP contribution >= 0.6 is 31.9 Å². The number of urea groups is 3. The van der Waals surface area contributed by atoms with E-state index in [0.29, 0.717) is 45.3 Å². The fourth-order valence-corrected chi connectivity index (χ4v) is 9.49. The molecule has 65 heavy (non-hydrogen) atoms. The minimum absolute atomic E-state index is 0.0105. The lowest BCUT2D eigenvalue weighted by molar-refractivity contribution is -0.134. The van der Waals surface area contributed by atoms with E-state index in [1.54, 1.807) is 14.1 Å². The zero-order valence-corrected chi connectivity index (χ0v) is 40.2. The Bertz CT molecular complexity index is 2270. The van der Waals surface area contributed by atoms with E-state index in [0.717, 1.165) is 70.2 Å². The van der Waals surface area contributed by atoms with Gasteiger partial charge >= 0.3 is 18.1 Å². The van der Waals surface area contributed by atoms with Gasteiger partial charge < -0.3 is 36.4 Å². The van der Waals surface area contributed by atoms with Crippen molar-refractivity contribution in [2.45, 2.75) is 74.8 Å². The molecule has 0 bridgehead atoms. The summed E-state index contributed by atoms with van der Waals surface area (Å²) in [6.07, 6.45) is 4.05. The molecule has 0 radical (unpaired) electrons. The number of amides is 8. The van der Waals surface area contributed by atoms with Crippen LogP contribution in [0.5, 0.6) is 0 Å². The summed E-state index contributed by atoms with van der Waals surface area (Å²) in [4.78, 5) is 72.8. The number of carbonyl (C=O) groups excluding carboxylic acids is 5. The van der Waals surface area contributed by atoms with Crippen LogP contribution in [-0.2, 0) is 22.7 Å². The topological polar surface area (TPSA) is 164 Å². The molecular weight excluding hydrogens is 954 g/mol. The maximum Gasteiger partial charge on any atom is 0.325 e. The van der Waals surface area contributed by atoms with Gasteiger partial charge in [0.1, 0.15) is 11.1 Å². The molecule has 4 heterocycles. The summed E-state index contributed by atoms with van der Waals surface area (Å²) in [5.74, 6) is -0.235. The van der Waals surface area contributed by atoms with Gasteiger partial charge in [0.05, 0.1) is 19.1 Å². The maximum atomic E-state index is 13.3. The number of benzene rings is 4. The van der Waals surface area contributed by atoms with Crippen LogP contribution in [0.3, 0.4) is 0 Å². The van der Waals surface area contributed by atoms with Gasteiger partial charge in [-0.15, -0.1) is 0 Å². The van der Waals surface area contributed by atoms with Crippen LogP contribution < -0.4 is 21.7 Å². The summed E-state index contributed by atoms with van der Waals surface area (Å²) in [5.41, 5.74) is 8.81. The number of piperidine rings is 2. The molecule has 2 atom stereocenters. The quantitative estimate of drug-likeness (QED) is 0.103. The lowest BCUT2D eigenvalue weighted by atomic mass is 9.87. The number of carbonyl (C=O) groups is 5. The second-order valence-corrected chi connectivity index (χ2v) is 19.5. The maximum absolute atomic E-state index is 13.3. The van der Waals surface area contributed by atoms with Crippen molar-refractivity contribution >= 4 is 61.8 Å². The summed E-state index contributed by atoms with van der Waals surface area (Å²) in [6, 6.07) is 34.6. The van der Waals surface area contributed by atoms with Gasteiger partial charge in [-0.25, -0.2) is 14.4 Å². The molecule has 344 valence electrons. The molecular formula is C49H59Br2N9O5. The van der Waals surface area contributed by atoms with Gasteiger partial charge in [0.2, 0.25) is 0 Å². The van der Waals surface area contributed by atoms with Crippen LogP contribution in [-0.4, -0.2) is 119 Å². The molecule has 4 aromatic rings. The highest BCUT2D eigenvalue weighted by molar-refractivity contribution is 9.10. The van der Waals surface area contributed by atoms with Crippen LogP contribution in [0.15, 0.2) is 118 Å². The third kappa shape index (κ3) is 11.8. The lowest BCUT2D eigenvalue weighted by Gasteiger charge is -2.38. The fraction of sp³-hybridized carbons (Fsp3) is 0.408. The predicted molar refractivity (Wildman–Crippen MR) is 257 cm³/mol. The monoisotopic (exact) mass is 1010 g/mol. The minimum atomic E-state index is -0.819. The average Bonchev–Trinajstić information content (AvgIpc) is 3.68. The molecule has 0 unspecified atom stereocenters. The number of hydrogen-bond donors (Lipinski definition) is 4. The minimum Gasteiger partial charge on any atom is -0.331 e. The van der Waals surface area contributed by atoms with Crippen molar-refractivity contribution in [2.75, 3.05) is 53.4 Å². The van der Waals surface area contributed by atoms with E-state index in [1.165, 1.54) is 14.7 Å². The lowest BCUT2D eigenvalue weighted by Crippen LogP contribution is -2.55. The van der Waals surface area contributed by atoms with Crippen LogP contribution in [0.25, 0.3) is 0 Å². The molecule has 14 nitrogen and oxygen atoms in total. The number of likely N-dealkylation sites (tertiary alicyclic amines) is 2. The van der Waals surface area contributed by atoms with Crippen molar-refractivity contribution in [3.05, 3.63) is 140 Å². The molecule has 4 aliphatic heterocycles. The van der Waals surface area contributed by atoms with Crippen LogP contribution in [0.2, 0.25) is 0 Å². The predicted octanol–water partition coefficient (Wildman–Crippen LogP) is 7.16. The van der Waals surface area contributed by atoms with Gasteiger partial charge in [-0.3, -0.25) is 19.4 Å². The van der Waals surface area contributed by atoms with Crippen molar-refractivity contribution < 1.29 is 24.0 Å². The summed E-state index contributed by atoms with van der Waals surface area (Å²) >= 11 is 6.82. The largest absolute Gasteiger partial charge is 0.331 e. The van der Waals surface area contributed by atoms with E-state index in [9.17, 15) is 24.0 Å². The molecule has 4 fully saturated rings. The Morgan fingerprint density at radius 3 is 1.45 bits per heavy atom. The van der Waals surface area contributed by atoms with E-state index >= 15 is 0 Å². The second-order valence-electron chi connectivity index (χ2n) is 17.6. The van der Waals surface area contributed by atoms with Gasteiger partial charge in [-0.2, -0.15) is 0 Å². The molecule has 0 aliphatic carbocycles. The average molecular weight is 1010 g/mol. The smallest absolute Gasteiger partial charge is 0.325 e. The zero-order valence-electron chi connectivity index (χ0n) is 37.1. The first kappa shape index (κ1) is 47.8. The molecule has 5 N–H and O–H groups in total. The Balaban J connectivity index is 0.000000196. The van der Waals surface area contributed by atoms with Crippen molar-refractivity contribution in [2.24, 2.45) is 5.73 Å². The summed E-state index contributed by atoms with van der Waals surface area (Å²) in [5, 5.41) is 9.08. The van der Waals surface area contributed by atoms with Gasteiger partial charge in [0.25, 0.3) is 11.8 Å². The highest BCUT2D eigenvalue weighted by atomic mass is 79.9. The molecule has 0 aromatic heterocycles. The number of halogens is 2. The van der Waals surface area contributed by atoms with Crippen molar-refractivity contribution in [3.63, 3.8) is 0 Å². The number of nitrogens with one attached hydrogen (secondary N) is 3. The number of rotatable bonds is 13. The third-order valence-corrected chi connectivity index (χ3v) is 14.1. The molecule has 8 rings (SSSR count). The number of nitrogens with two attached hydrogens (primary N) is 1. The van der Waals surface area contributed by atoms with E-state index < -0.39 is 11.1 Å². The normalized spacial score (nSPS) is 19.1. The first-order valence-electron chi connectivity index (χ1n) is 22.3. The Morgan fingerprint density at radius 1 is 0.631 bits per heavy atom. The van der Waals surface area contributed by atoms with Crippen molar-refractivity contribution in [1.82, 2.24) is 40.4 Å². The van der Waals surface area contributed by atoms with Crippen LogP contribution in [0, 0.1) is 0 Å². The molecule has 4 aromatic carbocycles. The summed E-state index contributed by atoms with van der Waals surface area (Å²) < 4.78 is 1.93. The highest BCUT2D eigenvalue weighted by Crippen LogP contribution is 2.33. The summed E-state index contributed by atoms with van der Waals surface area (Å²) in [6.45, 7) is 5.22. The molecule has 16 heteroatoms. The van der Waals surface area contributed by atoms with Gasteiger partial charge in [0.15, 0.2) is 0 Å². The first-order chi connectivity index (χ1) is 31.2. The van der Waals surface area contributed by atoms with E-state index in [-0.39, 0.29) is 48.5 Å². The third-order valence-electron chi connectivity index (χ3n) is 13.0. The second kappa shape index (κ2) is 21.5. The van der Waals surface area contributed by atoms with Crippen molar-refractivity contribution in [3.8, 4) is 0 Å². The van der Waals surface area contributed by atoms with Gasteiger partial charge in [0, 0.05) is 61.8 Å². The summed E-state index contributed by atoms with van der Waals surface area (Å²) in [7, 11) is 3.46. The Hall–Kier alpha value is -5.13. The SMILES string of the molecule is CN(C)C(=O)N[C@@H](CCN1CCC2(CC1)NC(=O)N(Cc1ccc(Br)cc1)C2=O)c1ccccc1.N[C@@H](CCN1CCC2(CC1)NC(=O)N(Cc1ccc(Br)cc1)C2=O)c1ccccc1. The molecule has 4 saturated heterocycles. The van der Waals surface area contributed by atoms with Gasteiger partial charge in [-0.1, -0.05) is 117 Å². The fourth-order valence-electron chi connectivity index (χ4n) is 8.96. The van der Waals surface area contributed by atoms with E-state index in [1.807, 2.05) is 97.1 Å². The van der Waals surface area contributed by atoms with Gasteiger partial charge in [-0.05, 0) is 91.6 Å². The molecule has 8 amide bonds. The van der Waals surface area contributed by atoms with Crippen molar-refractivity contribution in [1.29, 1.82) is 0 Å². The number of hydrogen-bond acceptors (Lipinski definition) is 8. The van der Waals surface area contributed by atoms with E-state index in [2.05, 4.69) is 69.7 Å². The molecule has 2 spiro atoms. The van der Waals surface area contributed by atoms with E-state index in [4.69, 9.17) is 5.73 Å². The van der Waals surface area contributed by atoms with Crippen LogP contribution in [0.4, 0.5) is 14.4 Å². The number of imide groups is 2. The van der Waals surface area contributed by atoms with Crippen LogP contribution in [0.1, 0.15) is 72.9 Å². The molecule has 4 aliphatic rings. The Labute approximate surface area is 398 Å². The Morgan fingerprint density at radius 2 is 1.03 bits per heavy atom. The standard InChI is InChI=1S/C26H32BrN5O3.C23H27BrN4O2/c1-30(2)24(34)28-22(20-6-4-3-5-7-20)12-15-31-16-13-26(14-17-31)23(33)32(25(35)29-26)18-19-8-10-21(27)11-9-19;24-19-8-6-17(7-9-19)16-28-21(29)23(26-22(28)30)11-14-27(15-12-23)13-10-20(25)18-4-2-1-3-5-18/h3-11,22H,12-18H2,1-2H3,(H,28,34)(H,29,35);1-9,20H,10-16,25H2,(H,26,30)/t22-;20-/m00/s1. The first-order valence-corrected chi connectivity index (χ1v) is 23.9. The Kier molecular flexibility index (Phi) is 15.8. The number of nitrogens with zero attached hydrogens (tertiary/aromatic N) is 5.